The first-order valence-electron chi connectivity index (χ1n) is 10.1. The summed E-state index contributed by atoms with van der Waals surface area (Å²) in [6, 6.07) is 19.3. The van der Waals surface area contributed by atoms with Crippen LogP contribution in [0.3, 0.4) is 0 Å². The maximum Gasteiger partial charge on any atom is 0.267 e. The lowest BCUT2D eigenvalue weighted by molar-refractivity contribution is 0.0935. The highest BCUT2D eigenvalue weighted by Gasteiger charge is 2.20. The number of amides is 2. The minimum absolute atomic E-state index is 0.130. The van der Waals surface area contributed by atoms with Gasteiger partial charge in [0.2, 0.25) is 0 Å². The Morgan fingerprint density at radius 1 is 0.833 bits per heavy atom. The van der Waals surface area contributed by atoms with Crippen molar-refractivity contribution in [2.75, 3.05) is 5.32 Å². The van der Waals surface area contributed by atoms with Gasteiger partial charge < -0.3 is 10.6 Å². The molecule has 4 rings (SSSR count). The highest BCUT2D eigenvalue weighted by molar-refractivity contribution is 6.04. The third-order valence-corrected chi connectivity index (χ3v) is 5.32. The molecule has 152 valence electrons. The number of aromatic nitrogens is 1. The summed E-state index contributed by atoms with van der Waals surface area (Å²) in [6.45, 7) is 0. The van der Waals surface area contributed by atoms with Crippen LogP contribution in [0.15, 0.2) is 77.7 Å². The van der Waals surface area contributed by atoms with Crippen LogP contribution >= 0.6 is 0 Å². The molecule has 1 aliphatic carbocycles. The molecule has 1 aliphatic rings. The van der Waals surface area contributed by atoms with Crippen LogP contribution in [0.5, 0.6) is 0 Å². The van der Waals surface area contributed by atoms with Gasteiger partial charge in [0.05, 0.1) is 0 Å². The number of carbonyl (C=O) groups excluding carboxylic acids is 2. The van der Waals surface area contributed by atoms with E-state index < -0.39 is 0 Å². The lowest BCUT2D eigenvalue weighted by atomic mass is 10.2. The topological polar surface area (TPSA) is 80.2 Å². The van der Waals surface area contributed by atoms with Crippen LogP contribution in [0, 0.1) is 0 Å². The van der Waals surface area contributed by atoms with Gasteiger partial charge in [-0.3, -0.25) is 19.0 Å². The van der Waals surface area contributed by atoms with E-state index in [1.807, 2.05) is 6.07 Å². The maximum atomic E-state index is 12.9. The minimum Gasteiger partial charge on any atom is -0.349 e. The Labute approximate surface area is 174 Å². The van der Waals surface area contributed by atoms with Crippen LogP contribution in [-0.4, -0.2) is 22.4 Å². The molecule has 2 N–H and O–H groups in total. The molecule has 6 nitrogen and oxygen atoms in total. The number of nitrogens with one attached hydrogen (secondary N) is 2. The highest BCUT2D eigenvalue weighted by atomic mass is 16.2. The lowest BCUT2D eigenvalue weighted by Gasteiger charge is -2.13. The number of hydrogen-bond donors (Lipinski definition) is 2. The number of anilines is 1. The molecule has 30 heavy (non-hydrogen) atoms. The number of rotatable bonds is 5. The van der Waals surface area contributed by atoms with Crippen LogP contribution in [0.25, 0.3) is 5.69 Å². The predicted octanol–water partition coefficient (Wildman–Crippen LogP) is 3.76. The number of hydrogen-bond acceptors (Lipinski definition) is 3. The van der Waals surface area contributed by atoms with Crippen LogP contribution in [0.2, 0.25) is 0 Å². The van der Waals surface area contributed by atoms with Gasteiger partial charge in [-0.25, -0.2) is 0 Å². The van der Waals surface area contributed by atoms with E-state index in [0.29, 0.717) is 16.9 Å². The summed E-state index contributed by atoms with van der Waals surface area (Å²) in [6.07, 6.45) is 5.77. The number of benzene rings is 2. The summed E-state index contributed by atoms with van der Waals surface area (Å²) in [5, 5.41) is 5.79. The normalized spacial score (nSPS) is 13.7. The molecule has 1 aromatic heterocycles. The fourth-order valence-corrected chi connectivity index (χ4v) is 3.70. The molecule has 1 saturated carbocycles. The van der Waals surface area contributed by atoms with Gasteiger partial charge in [-0.1, -0.05) is 31.0 Å². The molecule has 0 atom stereocenters. The standard InChI is InChI=1S/C24H23N3O3/c28-22(17-7-2-1-3-8-17)25-19-12-14-20(15-13-19)27-16-6-11-21(24(27)30)23(29)26-18-9-4-5-10-18/h1-3,6-8,11-16,18H,4-5,9-10H2,(H,25,28)(H,26,29). The Bertz CT molecular complexity index is 1100. The maximum absolute atomic E-state index is 12.9. The van der Waals surface area contributed by atoms with Crippen molar-refractivity contribution in [2.45, 2.75) is 31.7 Å². The van der Waals surface area contributed by atoms with Gasteiger partial charge >= 0.3 is 0 Å². The van der Waals surface area contributed by atoms with E-state index in [1.54, 1.807) is 66.9 Å². The van der Waals surface area contributed by atoms with Crippen molar-refractivity contribution < 1.29 is 9.59 Å². The minimum atomic E-state index is -0.367. The Hall–Kier alpha value is -3.67. The zero-order valence-corrected chi connectivity index (χ0v) is 16.5. The van der Waals surface area contributed by atoms with Crippen molar-refractivity contribution in [3.05, 3.63) is 94.4 Å². The molecule has 6 heteroatoms. The monoisotopic (exact) mass is 401 g/mol. The molecule has 0 radical (unpaired) electrons. The Morgan fingerprint density at radius 2 is 1.53 bits per heavy atom. The second-order valence-electron chi connectivity index (χ2n) is 7.42. The van der Waals surface area contributed by atoms with Gasteiger partial charge in [0.1, 0.15) is 5.56 Å². The average Bonchev–Trinajstić information content (AvgIpc) is 3.28. The summed E-state index contributed by atoms with van der Waals surface area (Å²) in [4.78, 5) is 37.7. The summed E-state index contributed by atoms with van der Waals surface area (Å²) in [5.41, 5.74) is 1.57. The van der Waals surface area contributed by atoms with Crippen LogP contribution in [-0.2, 0) is 0 Å². The van der Waals surface area contributed by atoms with Crippen LogP contribution in [0.4, 0.5) is 5.69 Å². The van der Waals surface area contributed by atoms with E-state index in [0.717, 1.165) is 25.7 Å². The van der Waals surface area contributed by atoms with Crippen LogP contribution in [0.1, 0.15) is 46.4 Å². The van der Waals surface area contributed by atoms with E-state index in [1.165, 1.54) is 4.57 Å². The van der Waals surface area contributed by atoms with Gasteiger partial charge in [-0.15, -0.1) is 0 Å². The van der Waals surface area contributed by atoms with Gasteiger partial charge in [-0.05, 0) is 61.4 Å². The van der Waals surface area contributed by atoms with Gasteiger partial charge in [0, 0.05) is 29.2 Å². The molecular formula is C24H23N3O3. The van der Waals surface area contributed by atoms with E-state index >= 15 is 0 Å². The van der Waals surface area contributed by atoms with E-state index in [4.69, 9.17) is 0 Å². The number of nitrogens with zero attached hydrogens (tertiary/aromatic N) is 1. The van der Waals surface area contributed by atoms with Crippen molar-refractivity contribution in [3.63, 3.8) is 0 Å². The largest absolute Gasteiger partial charge is 0.349 e. The quantitative estimate of drug-likeness (QED) is 0.683. The SMILES string of the molecule is O=C(Nc1ccc(-n2cccc(C(=O)NC3CCCC3)c2=O)cc1)c1ccccc1. The first-order chi connectivity index (χ1) is 14.6. The lowest BCUT2D eigenvalue weighted by Crippen LogP contribution is -2.37. The molecule has 0 bridgehead atoms. The fraction of sp³-hybridized carbons (Fsp3) is 0.208. The third-order valence-electron chi connectivity index (χ3n) is 5.32. The molecule has 1 fully saturated rings. The molecule has 0 saturated heterocycles. The predicted molar refractivity (Wildman–Crippen MR) is 116 cm³/mol. The smallest absolute Gasteiger partial charge is 0.267 e. The van der Waals surface area contributed by atoms with E-state index in [9.17, 15) is 14.4 Å². The fourth-order valence-electron chi connectivity index (χ4n) is 3.70. The number of carbonyl (C=O) groups is 2. The molecule has 2 aromatic carbocycles. The van der Waals surface area contributed by atoms with Crippen LogP contribution < -0.4 is 16.2 Å². The highest BCUT2D eigenvalue weighted by Crippen LogP contribution is 2.18. The first kappa shape index (κ1) is 19.6. The van der Waals surface area contributed by atoms with Gasteiger partial charge in [-0.2, -0.15) is 0 Å². The Morgan fingerprint density at radius 3 is 2.23 bits per heavy atom. The molecule has 3 aromatic rings. The second-order valence-corrected chi connectivity index (χ2v) is 7.42. The van der Waals surface area contributed by atoms with Gasteiger partial charge in [0.15, 0.2) is 0 Å². The second kappa shape index (κ2) is 8.78. The van der Waals surface area contributed by atoms with Gasteiger partial charge in [0.25, 0.3) is 17.4 Å². The van der Waals surface area contributed by atoms with E-state index in [-0.39, 0.29) is 29.0 Å². The summed E-state index contributed by atoms with van der Waals surface area (Å²) in [5.74, 6) is -0.529. The zero-order chi connectivity index (χ0) is 20.9. The van der Waals surface area contributed by atoms with Crippen molar-refractivity contribution in [3.8, 4) is 5.69 Å². The molecule has 0 aliphatic heterocycles. The van der Waals surface area contributed by atoms with Crippen molar-refractivity contribution in [1.29, 1.82) is 0 Å². The number of pyridine rings is 1. The molecule has 0 unspecified atom stereocenters. The van der Waals surface area contributed by atoms with Crippen molar-refractivity contribution >= 4 is 17.5 Å². The zero-order valence-electron chi connectivity index (χ0n) is 16.5. The molecular weight excluding hydrogens is 378 g/mol. The molecule has 0 spiro atoms. The van der Waals surface area contributed by atoms with E-state index in [2.05, 4.69) is 10.6 Å². The molecule has 2 amide bonds. The summed E-state index contributed by atoms with van der Waals surface area (Å²) >= 11 is 0. The Balaban J connectivity index is 1.51. The average molecular weight is 401 g/mol. The van der Waals surface area contributed by atoms with Crippen molar-refractivity contribution in [2.24, 2.45) is 0 Å². The molecule has 1 heterocycles. The summed E-state index contributed by atoms with van der Waals surface area (Å²) in [7, 11) is 0. The first-order valence-corrected chi connectivity index (χ1v) is 10.1. The van der Waals surface area contributed by atoms with Crippen molar-refractivity contribution in [1.82, 2.24) is 9.88 Å². The third kappa shape index (κ3) is 4.33. The summed E-state index contributed by atoms with van der Waals surface area (Å²) < 4.78 is 1.44. The Kier molecular flexibility index (Phi) is 5.75.